The van der Waals surface area contributed by atoms with E-state index in [2.05, 4.69) is 5.32 Å². The van der Waals surface area contributed by atoms with Crippen LogP contribution in [0.15, 0.2) is 60.7 Å². The van der Waals surface area contributed by atoms with Crippen molar-refractivity contribution in [2.45, 2.75) is 37.6 Å². The summed E-state index contributed by atoms with van der Waals surface area (Å²) in [5, 5.41) is 2.58. The molecule has 2 aliphatic heterocycles. The number of nitrogens with zero attached hydrogens (tertiary/aromatic N) is 2. The van der Waals surface area contributed by atoms with Crippen LogP contribution in [-0.4, -0.2) is 64.8 Å². The van der Waals surface area contributed by atoms with Crippen molar-refractivity contribution in [2.75, 3.05) is 6.54 Å². The largest absolute Gasteiger partial charge is 0.445 e. The first-order chi connectivity index (χ1) is 15.8. The molecule has 2 fully saturated rings. The number of amides is 3. The molecule has 2 aromatic rings. The number of carbonyl (C=O) groups excluding carboxylic acids is 3. The molecule has 2 aliphatic rings. The van der Waals surface area contributed by atoms with Crippen LogP contribution in [0.2, 0.25) is 0 Å². The zero-order valence-corrected chi connectivity index (χ0v) is 18.3. The van der Waals surface area contributed by atoms with Crippen LogP contribution >= 0.6 is 0 Å². The number of nitrogens with one attached hydrogen (secondary N) is 1. The number of likely N-dealkylation sites (tertiary alicyclic amines) is 1. The molecule has 2 heterocycles. The molecule has 0 radical (unpaired) electrons. The molecule has 0 unspecified atom stereocenters. The van der Waals surface area contributed by atoms with E-state index >= 15 is 0 Å². The summed E-state index contributed by atoms with van der Waals surface area (Å²) in [6.45, 7) is 0.146. The van der Waals surface area contributed by atoms with Crippen LogP contribution < -0.4 is 5.32 Å². The number of alkyl carbamates (subject to hydrolysis) is 1. The number of β-lactam (4-membered cyclic amide) rings is 1. The third-order valence-corrected chi connectivity index (χ3v) is 6.70. The Bertz CT molecular complexity index is 1140. The molecular formula is C22H23N3O7S. The summed E-state index contributed by atoms with van der Waals surface area (Å²) in [5.74, 6) is -1.38. The second kappa shape index (κ2) is 9.20. The summed E-state index contributed by atoms with van der Waals surface area (Å²) in [6, 6.07) is 15.3. The van der Waals surface area contributed by atoms with Gasteiger partial charge in [0.25, 0.3) is 5.91 Å². The summed E-state index contributed by atoms with van der Waals surface area (Å²) >= 11 is 0. The van der Waals surface area contributed by atoms with E-state index < -0.39 is 46.3 Å². The molecule has 10 nitrogen and oxygen atoms in total. The van der Waals surface area contributed by atoms with E-state index in [9.17, 15) is 27.4 Å². The normalized spacial score (nSPS) is 20.6. The fourth-order valence-electron chi connectivity index (χ4n) is 4.22. The lowest BCUT2D eigenvalue weighted by Gasteiger charge is -2.43. The Kier molecular flexibility index (Phi) is 6.34. The third-order valence-electron chi connectivity index (χ3n) is 5.75. The van der Waals surface area contributed by atoms with Crippen molar-refractivity contribution in [1.82, 2.24) is 14.5 Å². The maximum absolute atomic E-state index is 13.3. The van der Waals surface area contributed by atoms with Crippen LogP contribution in [0.3, 0.4) is 0 Å². The van der Waals surface area contributed by atoms with Gasteiger partial charge in [-0.15, -0.1) is 0 Å². The smallest absolute Gasteiger partial charge is 0.408 e. The predicted octanol–water partition coefficient (Wildman–Crippen LogP) is 1.14. The number of carbonyl (C=O) groups is 3. The van der Waals surface area contributed by atoms with E-state index in [4.69, 9.17) is 4.74 Å². The minimum atomic E-state index is -4.68. The standard InChI is InChI=1S/C22H23N3O7S/c26-20(24-12-11-18-19(24)21(27)25(18)33(29,30)31)17(13-15-7-3-1-4-8-15)23-22(28)32-14-16-9-5-2-6-10-16/h1-10,17-19H,11-14H2,(H,23,28)(H,29,30,31)/t17-,18-,19+/m1/s1. The first-order valence-electron chi connectivity index (χ1n) is 10.4. The molecule has 3 atom stereocenters. The molecule has 2 aromatic carbocycles. The molecule has 0 bridgehead atoms. The number of fused-ring (bicyclic) bond motifs is 1. The number of rotatable bonds is 7. The van der Waals surface area contributed by atoms with Crippen LogP contribution in [-0.2, 0) is 37.7 Å². The van der Waals surface area contributed by atoms with Crippen molar-refractivity contribution < 1.29 is 32.1 Å². The van der Waals surface area contributed by atoms with Gasteiger partial charge >= 0.3 is 16.4 Å². The number of hydrogen-bond donors (Lipinski definition) is 2. The van der Waals surface area contributed by atoms with Crippen molar-refractivity contribution >= 4 is 28.2 Å². The third kappa shape index (κ3) is 4.83. The highest BCUT2D eigenvalue weighted by atomic mass is 32.2. The maximum atomic E-state index is 13.3. The molecule has 174 valence electrons. The maximum Gasteiger partial charge on any atom is 0.408 e. The van der Waals surface area contributed by atoms with Crippen molar-refractivity contribution in [2.24, 2.45) is 0 Å². The highest BCUT2D eigenvalue weighted by molar-refractivity contribution is 7.84. The number of benzene rings is 2. The van der Waals surface area contributed by atoms with E-state index in [0.717, 1.165) is 11.1 Å². The van der Waals surface area contributed by atoms with Gasteiger partial charge in [0.2, 0.25) is 5.91 Å². The highest BCUT2D eigenvalue weighted by Gasteiger charge is 2.60. The number of ether oxygens (including phenoxy) is 1. The summed E-state index contributed by atoms with van der Waals surface area (Å²) in [6.07, 6.45) is -0.425. The molecule has 0 aromatic heterocycles. The van der Waals surface area contributed by atoms with E-state index in [0.29, 0.717) is 4.31 Å². The van der Waals surface area contributed by atoms with Gasteiger partial charge < -0.3 is 15.0 Å². The first-order valence-corrected chi connectivity index (χ1v) is 11.8. The second-order valence-electron chi connectivity index (χ2n) is 7.89. The molecule has 3 amide bonds. The van der Waals surface area contributed by atoms with Gasteiger partial charge in [-0.3, -0.25) is 14.1 Å². The molecule has 2 saturated heterocycles. The minimum absolute atomic E-state index is 0.0230. The zero-order chi connectivity index (χ0) is 23.6. The molecule has 2 N–H and O–H groups in total. The lowest BCUT2D eigenvalue weighted by molar-refractivity contribution is -0.152. The van der Waals surface area contributed by atoms with Crippen molar-refractivity contribution in [1.29, 1.82) is 0 Å². The van der Waals surface area contributed by atoms with Crippen molar-refractivity contribution in [3.63, 3.8) is 0 Å². The number of hydrogen-bond acceptors (Lipinski definition) is 6. The van der Waals surface area contributed by atoms with Gasteiger partial charge in [-0.05, 0) is 17.5 Å². The Hall–Kier alpha value is -3.44. The summed E-state index contributed by atoms with van der Waals surface area (Å²) in [4.78, 5) is 39.4. The van der Waals surface area contributed by atoms with Gasteiger partial charge in [0.1, 0.15) is 18.7 Å². The van der Waals surface area contributed by atoms with E-state index in [1.54, 1.807) is 36.4 Å². The monoisotopic (exact) mass is 473 g/mol. The summed E-state index contributed by atoms with van der Waals surface area (Å²) < 4.78 is 37.8. The van der Waals surface area contributed by atoms with Gasteiger partial charge in [-0.25, -0.2) is 9.10 Å². The lowest BCUT2D eigenvalue weighted by atomic mass is 9.99. The van der Waals surface area contributed by atoms with Gasteiger partial charge in [-0.2, -0.15) is 8.42 Å². The van der Waals surface area contributed by atoms with Crippen LogP contribution in [0, 0.1) is 0 Å². The Balaban J connectivity index is 1.47. The Morgan fingerprint density at radius 2 is 1.67 bits per heavy atom. The Morgan fingerprint density at radius 1 is 1.06 bits per heavy atom. The lowest BCUT2D eigenvalue weighted by Crippen LogP contribution is -2.69. The van der Waals surface area contributed by atoms with Crippen molar-refractivity contribution in [3.8, 4) is 0 Å². The Morgan fingerprint density at radius 3 is 2.27 bits per heavy atom. The average molecular weight is 474 g/mol. The van der Waals surface area contributed by atoms with E-state index in [1.807, 2.05) is 24.3 Å². The second-order valence-corrected chi connectivity index (χ2v) is 9.18. The van der Waals surface area contributed by atoms with Crippen molar-refractivity contribution in [3.05, 3.63) is 71.8 Å². The topological polar surface area (TPSA) is 133 Å². The fraction of sp³-hybridized carbons (Fsp3) is 0.318. The quantitative estimate of drug-likeness (QED) is 0.455. The molecule has 4 rings (SSSR count). The molecular weight excluding hydrogens is 450 g/mol. The van der Waals surface area contributed by atoms with E-state index in [1.165, 1.54) is 4.90 Å². The fourth-order valence-corrected chi connectivity index (χ4v) is 5.12. The van der Waals surface area contributed by atoms with Crippen LogP contribution in [0.5, 0.6) is 0 Å². The molecule has 33 heavy (non-hydrogen) atoms. The predicted molar refractivity (Wildman–Crippen MR) is 116 cm³/mol. The summed E-state index contributed by atoms with van der Waals surface area (Å²) in [7, 11) is -4.68. The van der Waals surface area contributed by atoms with Crippen LogP contribution in [0.25, 0.3) is 0 Å². The highest BCUT2D eigenvalue weighted by Crippen LogP contribution is 2.36. The van der Waals surface area contributed by atoms with Gasteiger partial charge in [0, 0.05) is 13.0 Å². The van der Waals surface area contributed by atoms with Gasteiger partial charge in [0.05, 0.1) is 6.04 Å². The summed E-state index contributed by atoms with van der Waals surface area (Å²) in [5.41, 5.74) is 1.57. The van der Waals surface area contributed by atoms with Crippen LogP contribution in [0.1, 0.15) is 17.5 Å². The first kappa shape index (κ1) is 22.7. The molecule has 0 aliphatic carbocycles. The SMILES string of the molecule is O=C(N[C@H](Cc1ccccc1)C(=O)N1CC[C@@H]2[C@H]1C(=O)N2S(=O)(=O)O)OCc1ccccc1. The zero-order valence-electron chi connectivity index (χ0n) is 17.5. The molecule has 0 saturated carbocycles. The molecule has 11 heteroatoms. The molecule has 0 spiro atoms. The average Bonchev–Trinajstić information content (AvgIpc) is 3.16. The van der Waals surface area contributed by atoms with E-state index in [-0.39, 0.29) is 26.0 Å². The van der Waals surface area contributed by atoms with Gasteiger partial charge in [-0.1, -0.05) is 60.7 Å². The minimum Gasteiger partial charge on any atom is -0.445 e. The van der Waals surface area contributed by atoms with Gasteiger partial charge in [0.15, 0.2) is 0 Å². The van der Waals surface area contributed by atoms with Crippen LogP contribution in [0.4, 0.5) is 4.79 Å². The Labute approximate surface area is 191 Å².